The third-order valence-electron chi connectivity index (χ3n) is 4.65. The number of aromatic nitrogens is 1. The average molecular weight is 422 g/mol. The van der Waals surface area contributed by atoms with Crippen molar-refractivity contribution in [2.75, 3.05) is 20.7 Å². The highest BCUT2D eigenvalue weighted by molar-refractivity contribution is 5.79. The number of aliphatic imine (C=N–C) groups is 1. The van der Waals surface area contributed by atoms with Gasteiger partial charge in [-0.05, 0) is 47.6 Å². The highest BCUT2D eigenvalue weighted by atomic mass is 16.6. The average Bonchev–Trinajstić information content (AvgIpc) is 2.88. The fourth-order valence-electron chi connectivity index (χ4n) is 3.39. The zero-order valence-electron chi connectivity index (χ0n) is 19.3. The molecule has 1 fully saturated rings. The highest BCUT2D eigenvalue weighted by Crippen LogP contribution is 2.33. The van der Waals surface area contributed by atoms with Crippen LogP contribution in [0.2, 0.25) is 0 Å². The zero-order valence-corrected chi connectivity index (χ0v) is 19.3. The topological polar surface area (TPSA) is 97.3 Å². The molecule has 9 heteroatoms. The molecular formula is C21H35N5O4. The Kier molecular flexibility index (Phi) is 7.52. The van der Waals surface area contributed by atoms with Gasteiger partial charge in [0.15, 0.2) is 5.96 Å². The molecular weight excluding hydrogens is 386 g/mol. The van der Waals surface area contributed by atoms with Crippen LogP contribution in [0.4, 0.5) is 4.79 Å². The first-order chi connectivity index (χ1) is 14.0. The maximum Gasteiger partial charge on any atom is 0.412 e. The summed E-state index contributed by atoms with van der Waals surface area (Å²) in [7, 11) is 3.28. The molecule has 1 saturated heterocycles. The van der Waals surface area contributed by atoms with Crippen molar-refractivity contribution in [1.29, 1.82) is 0 Å². The van der Waals surface area contributed by atoms with E-state index >= 15 is 0 Å². The van der Waals surface area contributed by atoms with Crippen LogP contribution < -0.4 is 15.4 Å². The van der Waals surface area contributed by atoms with Crippen LogP contribution in [0.3, 0.4) is 0 Å². The number of carbonyl (C=O) groups excluding carboxylic acids is 1. The number of rotatable bonds is 5. The molecule has 0 aromatic carbocycles. The number of hydrogen-bond donors (Lipinski definition) is 2. The van der Waals surface area contributed by atoms with Crippen molar-refractivity contribution in [1.82, 2.24) is 20.5 Å². The van der Waals surface area contributed by atoms with E-state index in [1.165, 1.54) is 0 Å². The van der Waals surface area contributed by atoms with E-state index in [4.69, 9.17) is 14.2 Å². The molecule has 2 unspecified atom stereocenters. The molecule has 0 radical (unpaired) electrons. The zero-order chi connectivity index (χ0) is 22.5. The van der Waals surface area contributed by atoms with Crippen molar-refractivity contribution in [2.45, 2.75) is 71.6 Å². The second kappa shape index (κ2) is 9.51. The molecule has 1 aromatic heterocycles. The number of hydrogen-bond acceptors (Lipinski definition) is 6. The van der Waals surface area contributed by atoms with Gasteiger partial charge in [-0.1, -0.05) is 6.07 Å². The Morgan fingerprint density at radius 2 is 2.03 bits per heavy atom. The standard InChI is InChI=1S/C21H35N5O4/c1-14-16(26(21(5,6)29-14)19(27)30-20(2,3)4)13-24-18(22-7)23-12-15-10-9-11-17(25-15)28-8/h9-11,14,16H,12-13H2,1-8H3,(H2,22,23,24). The van der Waals surface area contributed by atoms with Gasteiger partial charge in [0, 0.05) is 19.7 Å². The van der Waals surface area contributed by atoms with Crippen LogP contribution in [0.5, 0.6) is 5.88 Å². The molecule has 1 amide bonds. The molecule has 1 aliphatic rings. The minimum atomic E-state index is -0.768. The van der Waals surface area contributed by atoms with Gasteiger partial charge < -0.3 is 24.8 Å². The smallest absolute Gasteiger partial charge is 0.412 e. The minimum Gasteiger partial charge on any atom is -0.481 e. The summed E-state index contributed by atoms with van der Waals surface area (Å²) >= 11 is 0. The van der Waals surface area contributed by atoms with E-state index in [0.717, 1.165) is 5.69 Å². The van der Waals surface area contributed by atoms with Gasteiger partial charge >= 0.3 is 6.09 Å². The number of nitrogens with one attached hydrogen (secondary N) is 2. The minimum absolute atomic E-state index is 0.168. The maximum atomic E-state index is 12.8. The van der Waals surface area contributed by atoms with Crippen LogP contribution >= 0.6 is 0 Å². The van der Waals surface area contributed by atoms with E-state index in [1.807, 2.05) is 53.7 Å². The van der Waals surface area contributed by atoms with E-state index in [2.05, 4.69) is 20.6 Å². The molecule has 2 rings (SSSR count). The van der Waals surface area contributed by atoms with E-state index in [-0.39, 0.29) is 12.1 Å². The largest absolute Gasteiger partial charge is 0.481 e. The Bertz CT molecular complexity index is 760. The van der Waals surface area contributed by atoms with Gasteiger partial charge in [0.05, 0.1) is 31.5 Å². The lowest BCUT2D eigenvalue weighted by atomic mass is 10.1. The van der Waals surface area contributed by atoms with E-state index in [0.29, 0.717) is 24.9 Å². The summed E-state index contributed by atoms with van der Waals surface area (Å²) in [6.45, 7) is 12.2. The van der Waals surface area contributed by atoms with Crippen molar-refractivity contribution < 1.29 is 19.0 Å². The lowest BCUT2D eigenvalue weighted by Gasteiger charge is -2.35. The lowest BCUT2D eigenvalue weighted by Crippen LogP contribution is -2.54. The van der Waals surface area contributed by atoms with Crippen LogP contribution in [0.15, 0.2) is 23.2 Å². The Balaban J connectivity index is 2.02. The second-order valence-corrected chi connectivity index (χ2v) is 8.67. The van der Waals surface area contributed by atoms with Crippen LogP contribution in [-0.2, 0) is 16.0 Å². The quantitative estimate of drug-likeness (QED) is 0.557. The predicted octanol–water partition coefficient (Wildman–Crippen LogP) is 2.52. The second-order valence-electron chi connectivity index (χ2n) is 8.67. The first kappa shape index (κ1) is 23.7. The van der Waals surface area contributed by atoms with Gasteiger partial charge in [-0.2, -0.15) is 0 Å². The lowest BCUT2D eigenvalue weighted by molar-refractivity contribution is -0.0755. The van der Waals surface area contributed by atoms with E-state index in [9.17, 15) is 4.79 Å². The van der Waals surface area contributed by atoms with Crippen molar-refractivity contribution in [2.24, 2.45) is 4.99 Å². The van der Waals surface area contributed by atoms with Crippen LogP contribution in [0.1, 0.15) is 47.2 Å². The number of ether oxygens (including phenoxy) is 3. The summed E-state index contributed by atoms with van der Waals surface area (Å²) in [4.78, 5) is 23.1. The number of methoxy groups -OCH3 is 1. The molecule has 0 spiro atoms. The SMILES string of the molecule is CN=C(NCc1cccc(OC)n1)NCC1C(C)OC(C)(C)N1C(=O)OC(C)(C)C. The molecule has 0 saturated carbocycles. The van der Waals surface area contributed by atoms with Crippen molar-refractivity contribution in [3.63, 3.8) is 0 Å². The molecule has 1 aromatic rings. The molecule has 0 bridgehead atoms. The number of nitrogens with zero attached hydrogens (tertiary/aromatic N) is 3. The monoisotopic (exact) mass is 421 g/mol. The van der Waals surface area contributed by atoms with Gasteiger partial charge in [0.1, 0.15) is 11.3 Å². The predicted molar refractivity (Wildman–Crippen MR) is 115 cm³/mol. The number of carbonyl (C=O) groups is 1. The van der Waals surface area contributed by atoms with Gasteiger partial charge in [0.25, 0.3) is 0 Å². The fraction of sp³-hybridized carbons (Fsp3) is 0.667. The number of guanidine groups is 1. The highest BCUT2D eigenvalue weighted by Gasteiger charge is 2.49. The Morgan fingerprint density at radius 1 is 1.33 bits per heavy atom. The third kappa shape index (κ3) is 6.22. The normalized spacial score (nSPS) is 21.3. The van der Waals surface area contributed by atoms with Gasteiger partial charge in [-0.3, -0.25) is 9.89 Å². The molecule has 2 N–H and O–H groups in total. The van der Waals surface area contributed by atoms with E-state index in [1.54, 1.807) is 25.1 Å². The van der Waals surface area contributed by atoms with Gasteiger partial charge in [-0.25, -0.2) is 9.78 Å². The van der Waals surface area contributed by atoms with Crippen LogP contribution in [0, 0.1) is 0 Å². The first-order valence-electron chi connectivity index (χ1n) is 10.1. The van der Waals surface area contributed by atoms with Crippen molar-refractivity contribution >= 4 is 12.1 Å². The molecule has 30 heavy (non-hydrogen) atoms. The molecule has 1 aliphatic heterocycles. The molecule has 168 valence electrons. The van der Waals surface area contributed by atoms with Crippen LogP contribution in [0.25, 0.3) is 0 Å². The van der Waals surface area contributed by atoms with Crippen LogP contribution in [-0.4, -0.2) is 66.1 Å². The molecule has 2 atom stereocenters. The summed E-state index contributed by atoms with van der Waals surface area (Å²) < 4.78 is 16.8. The summed E-state index contributed by atoms with van der Waals surface area (Å²) in [6, 6.07) is 5.37. The molecule has 0 aliphatic carbocycles. The van der Waals surface area contributed by atoms with Gasteiger partial charge in [-0.15, -0.1) is 0 Å². The van der Waals surface area contributed by atoms with E-state index < -0.39 is 17.4 Å². The summed E-state index contributed by atoms with van der Waals surface area (Å²) in [5.41, 5.74) is -0.528. The third-order valence-corrected chi connectivity index (χ3v) is 4.65. The Labute approximate surface area is 179 Å². The number of amides is 1. The van der Waals surface area contributed by atoms with Crippen molar-refractivity contribution in [3.05, 3.63) is 23.9 Å². The summed E-state index contributed by atoms with van der Waals surface area (Å²) in [6.07, 6.45) is -0.564. The Hall–Kier alpha value is -2.55. The molecule has 2 heterocycles. The van der Waals surface area contributed by atoms with Crippen molar-refractivity contribution in [3.8, 4) is 5.88 Å². The van der Waals surface area contributed by atoms with Gasteiger partial charge in [0.2, 0.25) is 5.88 Å². The fourth-order valence-corrected chi connectivity index (χ4v) is 3.39. The first-order valence-corrected chi connectivity index (χ1v) is 10.1. The Morgan fingerprint density at radius 3 is 2.63 bits per heavy atom. The number of pyridine rings is 1. The summed E-state index contributed by atoms with van der Waals surface area (Å²) in [5, 5.41) is 6.50. The summed E-state index contributed by atoms with van der Waals surface area (Å²) in [5.74, 6) is 1.16. The maximum absolute atomic E-state index is 12.8. The molecule has 9 nitrogen and oxygen atoms in total.